The highest BCUT2D eigenvalue weighted by atomic mass is 16.3. The lowest BCUT2D eigenvalue weighted by atomic mass is 9.92. The molecule has 1 aromatic carbocycles. The minimum Gasteiger partial charge on any atom is -0.248 e. The summed E-state index contributed by atoms with van der Waals surface area (Å²) in [6.45, 7) is 10.2. The third-order valence-corrected chi connectivity index (χ3v) is 2.81. The van der Waals surface area contributed by atoms with E-state index in [-0.39, 0.29) is 11.6 Å². The van der Waals surface area contributed by atoms with Crippen molar-refractivity contribution in [2.75, 3.05) is 0 Å². The molecule has 0 saturated carbocycles. The Hall–Kier alpha value is -1.38. The topological polar surface area (TPSA) is 32.7 Å². The van der Waals surface area contributed by atoms with Gasteiger partial charge in [0.1, 0.15) is 0 Å². The minimum atomic E-state index is -0.271. The second kappa shape index (κ2) is 5.30. The molecule has 17 heavy (non-hydrogen) atoms. The van der Waals surface area contributed by atoms with Gasteiger partial charge in [-0.05, 0) is 32.3 Å². The molecule has 0 saturated heterocycles. The van der Waals surface area contributed by atoms with Gasteiger partial charge in [-0.25, -0.2) is 5.01 Å². The Morgan fingerprint density at radius 3 is 2.00 bits per heavy atom. The highest BCUT2D eigenvalue weighted by Crippen LogP contribution is 2.34. The number of benzene rings is 1. The second-order valence-electron chi connectivity index (χ2n) is 5.70. The molecule has 0 spiro atoms. The Morgan fingerprint density at radius 2 is 1.65 bits per heavy atom. The molecule has 3 nitrogen and oxygen atoms in total. The summed E-state index contributed by atoms with van der Waals surface area (Å²) in [5, 5.41) is 4.90. The van der Waals surface area contributed by atoms with Crippen molar-refractivity contribution in [2.45, 2.75) is 46.2 Å². The van der Waals surface area contributed by atoms with Crippen LogP contribution in [0.15, 0.2) is 35.6 Å². The van der Waals surface area contributed by atoms with E-state index in [2.05, 4.69) is 31.3 Å². The van der Waals surface area contributed by atoms with E-state index in [1.165, 1.54) is 0 Å². The van der Waals surface area contributed by atoms with Crippen LogP contribution in [0.25, 0.3) is 0 Å². The average Bonchev–Trinajstić information content (AvgIpc) is 2.24. The van der Waals surface area contributed by atoms with Crippen LogP contribution in [0.2, 0.25) is 0 Å². The summed E-state index contributed by atoms with van der Waals surface area (Å²) >= 11 is 0. The summed E-state index contributed by atoms with van der Waals surface area (Å²) in [4.78, 5) is 11.1. The largest absolute Gasteiger partial charge is 0.248 e. The fraction of sp³-hybridized carbons (Fsp3) is 0.571. The molecule has 0 aliphatic carbocycles. The number of hydrogen-bond donors (Lipinski definition) is 0. The first-order valence-electron chi connectivity index (χ1n) is 6.05. The maximum absolute atomic E-state index is 11.1. The fourth-order valence-corrected chi connectivity index (χ4v) is 2.05. The lowest BCUT2D eigenvalue weighted by molar-refractivity contribution is 0.0569. The molecule has 0 N–H and O–H groups in total. The first-order chi connectivity index (χ1) is 7.88. The van der Waals surface area contributed by atoms with Gasteiger partial charge in [0.15, 0.2) is 0 Å². The molecule has 3 heteroatoms. The van der Waals surface area contributed by atoms with Crippen LogP contribution in [-0.4, -0.2) is 10.5 Å². The zero-order valence-corrected chi connectivity index (χ0v) is 11.3. The van der Waals surface area contributed by atoms with Gasteiger partial charge in [-0.3, -0.25) is 0 Å². The molecule has 1 aromatic rings. The molecule has 0 bridgehead atoms. The maximum atomic E-state index is 11.1. The van der Waals surface area contributed by atoms with Crippen LogP contribution in [0, 0.1) is 10.8 Å². The maximum Gasteiger partial charge on any atom is 0.0781 e. The average molecular weight is 234 g/mol. The SMILES string of the molecule is CC(C)C(c1ccccc1)N(N=O)C(C)(C)C. The van der Waals surface area contributed by atoms with Gasteiger partial charge in [-0.15, -0.1) is 4.91 Å². The molecule has 0 aliphatic heterocycles. The van der Waals surface area contributed by atoms with E-state index in [9.17, 15) is 4.91 Å². The van der Waals surface area contributed by atoms with Crippen LogP contribution < -0.4 is 0 Å². The summed E-state index contributed by atoms with van der Waals surface area (Å²) in [6.07, 6.45) is 0. The summed E-state index contributed by atoms with van der Waals surface area (Å²) in [5.74, 6) is 0.328. The van der Waals surface area contributed by atoms with Gasteiger partial charge in [0.2, 0.25) is 0 Å². The van der Waals surface area contributed by atoms with Gasteiger partial charge < -0.3 is 0 Å². The Kier molecular flexibility index (Phi) is 4.27. The van der Waals surface area contributed by atoms with E-state index in [0.717, 1.165) is 5.56 Å². The molecule has 1 unspecified atom stereocenters. The second-order valence-corrected chi connectivity index (χ2v) is 5.70. The van der Waals surface area contributed by atoms with Crippen molar-refractivity contribution in [3.05, 3.63) is 40.8 Å². The first-order valence-corrected chi connectivity index (χ1v) is 6.05. The lowest BCUT2D eigenvalue weighted by Gasteiger charge is -2.39. The van der Waals surface area contributed by atoms with E-state index in [1.807, 2.05) is 39.0 Å². The molecule has 0 aromatic heterocycles. The van der Waals surface area contributed by atoms with Gasteiger partial charge in [-0.2, -0.15) is 0 Å². The molecule has 0 fully saturated rings. The van der Waals surface area contributed by atoms with Gasteiger partial charge >= 0.3 is 0 Å². The van der Waals surface area contributed by atoms with Crippen LogP contribution in [0.3, 0.4) is 0 Å². The standard InChI is InChI=1S/C14H22N2O/c1-11(2)13(12-9-7-6-8-10-12)16(15-17)14(3,4)5/h6-11,13H,1-5H3. The van der Waals surface area contributed by atoms with Crippen LogP contribution in [-0.2, 0) is 0 Å². The smallest absolute Gasteiger partial charge is 0.0781 e. The molecule has 0 aliphatic rings. The van der Waals surface area contributed by atoms with Crippen molar-refractivity contribution in [3.8, 4) is 0 Å². The van der Waals surface area contributed by atoms with Gasteiger partial charge in [0.25, 0.3) is 0 Å². The van der Waals surface area contributed by atoms with Crippen molar-refractivity contribution in [1.82, 2.24) is 5.01 Å². The monoisotopic (exact) mass is 234 g/mol. The van der Waals surface area contributed by atoms with E-state index in [0.29, 0.717) is 5.92 Å². The Balaban J connectivity index is 3.13. The molecular formula is C14H22N2O. The van der Waals surface area contributed by atoms with Crippen molar-refractivity contribution >= 4 is 0 Å². The summed E-state index contributed by atoms with van der Waals surface area (Å²) < 4.78 is 0. The Morgan fingerprint density at radius 1 is 1.12 bits per heavy atom. The highest BCUT2D eigenvalue weighted by Gasteiger charge is 2.32. The minimum absolute atomic E-state index is 0.0219. The summed E-state index contributed by atoms with van der Waals surface area (Å²) in [6, 6.07) is 10.1. The predicted molar refractivity (Wildman–Crippen MR) is 71.4 cm³/mol. The zero-order chi connectivity index (χ0) is 13.1. The molecule has 1 atom stereocenters. The van der Waals surface area contributed by atoms with Gasteiger partial charge in [0, 0.05) is 0 Å². The van der Waals surface area contributed by atoms with Crippen molar-refractivity contribution < 1.29 is 0 Å². The first kappa shape index (κ1) is 13.7. The van der Waals surface area contributed by atoms with Gasteiger partial charge in [0.05, 0.1) is 16.9 Å². The highest BCUT2D eigenvalue weighted by molar-refractivity contribution is 5.20. The van der Waals surface area contributed by atoms with E-state index in [1.54, 1.807) is 5.01 Å². The van der Waals surface area contributed by atoms with Crippen LogP contribution in [0.1, 0.15) is 46.2 Å². The normalized spacial score (nSPS) is 13.5. The molecular weight excluding hydrogens is 212 g/mol. The lowest BCUT2D eigenvalue weighted by Crippen LogP contribution is -2.41. The Labute approximate surface area is 104 Å². The fourth-order valence-electron chi connectivity index (χ4n) is 2.05. The number of rotatable bonds is 4. The summed E-state index contributed by atoms with van der Waals surface area (Å²) in [5.41, 5.74) is 0.865. The van der Waals surface area contributed by atoms with Crippen molar-refractivity contribution in [2.24, 2.45) is 11.2 Å². The van der Waals surface area contributed by atoms with Crippen LogP contribution >= 0.6 is 0 Å². The van der Waals surface area contributed by atoms with Crippen LogP contribution in [0.5, 0.6) is 0 Å². The zero-order valence-electron chi connectivity index (χ0n) is 11.3. The van der Waals surface area contributed by atoms with Crippen molar-refractivity contribution in [1.29, 1.82) is 0 Å². The summed E-state index contributed by atoms with van der Waals surface area (Å²) in [7, 11) is 0. The number of nitrogens with zero attached hydrogens (tertiary/aromatic N) is 2. The van der Waals surface area contributed by atoms with E-state index >= 15 is 0 Å². The van der Waals surface area contributed by atoms with E-state index < -0.39 is 0 Å². The third-order valence-electron chi connectivity index (χ3n) is 2.81. The Bertz CT molecular complexity index is 354. The molecule has 0 radical (unpaired) electrons. The van der Waals surface area contributed by atoms with Gasteiger partial charge in [-0.1, -0.05) is 44.2 Å². The van der Waals surface area contributed by atoms with Crippen LogP contribution in [0.4, 0.5) is 0 Å². The number of nitroso groups, excluding NO2 is 1. The third kappa shape index (κ3) is 3.29. The van der Waals surface area contributed by atoms with E-state index in [4.69, 9.17) is 0 Å². The predicted octanol–water partition coefficient (Wildman–Crippen LogP) is 4.17. The molecule has 0 amide bonds. The quantitative estimate of drug-likeness (QED) is 0.578. The number of hydrogen-bond acceptors (Lipinski definition) is 2. The molecule has 0 heterocycles. The van der Waals surface area contributed by atoms with Crippen molar-refractivity contribution in [3.63, 3.8) is 0 Å². The molecule has 1 rings (SSSR count). The molecule has 94 valence electrons.